The lowest BCUT2D eigenvalue weighted by Gasteiger charge is -2.34. The summed E-state index contributed by atoms with van der Waals surface area (Å²) in [5.41, 5.74) is 0. The van der Waals surface area contributed by atoms with Gasteiger partial charge in [0.15, 0.2) is 0 Å². The van der Waals surface area contributed by atoms with E-state index in [-0.39, 0.29) is 11.4 Å². The van der Waals surface area contributed by atoms with E-state index in [1.54, 1.807) is 0 Å². The lowest BCUT2D eigenvalue weighted by Crippen LogP contribution is -2.36. The molecule has 0 aromatic carbocycles. The van der Waals surface area contributed by atoms with Crippen molar-refractivity contribution in [2.45, 2.75) is 75.6 Å². The summed E-state index contributed by atoms with van der Waals surface area (Å²) in [4.78, 5) is 9.89. The first-order chi connectivity index (χ1) is 9.16. The van der Waals surface area contributed by atoms with E-state index >= 15 is 0 Å². The lowest BCUT2D eigenvalue weighted by molar-refractivity contribution is 0.0869. The Morgan fingerprint density at radius 3 is 2.00 bits per heavy atom. The minimum Gasteiger partial charge on any atom is -0.316 e. The van der Waals surface area contributed by atoms with Crippen LogP contribution in [0.15, 0.2) is 0 Å². The molecular formula is C14H25O3PS. The van der Waals surface area contributed by atoms with Crippen molar-refractivity contribution in [3.63, 3.8) is 0 Å². The third kappa shape index (κ3) is 3.40. The van der Waals surface area contributed by atoms with Gasteiger partial charge < -0.3 is 4.89 Å². The van der Waals surface area contributed by atoms with E-state index in [1.165, 1.54) is 75.6 Å². The van der Waals surface area contributed by atoms with Crippen molar-refractivity contribution in [1.29, 1.82) is 0 Å². The van der Waals surface area contributed by atoms with Crippen molar-refractivity contribution < 1.29 is 14.0 Å². The summed E-state index contributed by atoms with van der Waals surface area (Å²) < 4.78 is 17.6. The normalized spacial score (nSPS) is 42.6. The van der Waals surface area contributed by atoms with Crippen LogP contribution in [0, 0.1) is 11.8 Å². The Bertz CT molecular complexity index is 321. The average Bonchev–Trinajstić information content (AvgIpc) is 2.77. The van der Waals surface area contributed by atoms with E-state index < -0.39 is 6.80 Å². The molecule has 0 amide bonds. The first kappa shape index (κ1) is 14.4. The summed E-state index contributed by atoms with van der Waals surface area (Å²) in [6.45, 7) is -3.37. The van der Waals surface area contributed by atoms with Crippen molar-refractivity contribution in [1.82, 2.24) is 0 Å². The summed E-state index contributed by atoms with van der Waals surface area (Å²) in [5.74, 6) is 1.13. The summed E-state index contributed by atoms with van der Waals surface area (Å²) in [5, 5.41) is 0.277. The summed E-state index contributed by atoms with van der Waals surface area (Å²) in [6.07, 6.45) is 12.6. The molecule has 2 saturated carbocycles. The molecule has 2 unspecified atom stereocenters. The van der Waals surface area contributed by atoms with E-state index in [2.05, 4.69) is 0 Å². The summed E-state index contributed by atoms with van der Waals surface area (Å²) in [7, 11) is 0. The highest BCUT2D eigenvalue weighted by Gasteiger charge is 2.49. The quantitative estimate of drug-likeness (QED) is 0.748. The van der Waals surface area contributed by atoms with Gasteiger partial charge in [0.1, 0.15) is 0 Å². The standard InChI is InChI=1S/C14H25O3PS/c15-18(16)17-13(11-7-3-1-4-8-11)14(19-18)12-9-5-2-6-10-12/h11-14H,1-10H2,(H,15,16)/t13?,14-/m0/s1. The van der Waals surface area contributed by atoms with Crippen molar-refractivity contribution in [2.75, 3.05) is 0 Å². The third-order valence-electron chi connectivity index (χ3n) is 5.06. The van der Waals surface area contributed by atoms with Crippen LogP contribution in [0.5, 0.6) is 0 Å². The maximum Gasteiger partial charge on any atom is 0.387 e. The molecule has 0 spiro atoms. The molecule has 2 aliphatic carbocycles. The number of hydrogen-bond acceptors (Lipinski definition) is 3. The zero-order valence-electron chi connectivity index (χ0n) is 11.5. The van der Waals surface area contributed by atoms with Gasteiger partial charge in [0.05, 0.1) is 6.10 Å². The molecule has 3 atom stereocenters. The Labute approximate surface area is 120 Å². The lowest BCUT2D eigenvalue weighted by atomic mass is 9.78. The van der Waals surface area contributed by atoms with Crippen LogP contribution in [-0.2, 0) is 9.09 Å². The van der Waals surface area contributed by atoms with Crippen LogP contribution in [0.4, 0.5) is 0 Å². The molecular weight excluding hydrogens is 279 g/mol. The monoisotopic (exact) mass is 304 g/mol. The van der Waals surface area contributed by atoms with E-state index in [1.807, 2.05) is 0 Å². The SMILES string of the molecule is O=P1(O)OC(C2CCCCC2)[C@H](C2CCCCC2)S1. The molecule has 110 valence electrons. The molecule has 3 nitrogen and oxygen atoms in total. The van der Waals surface area contributed by atoms with E-state index in [9.17, 15) is 9.46 Å². The number of hydrogen-bond donors (Lipinski definition) is 1. The van der Waals surface area contributed by atoms with Crippen LogP contribution >= 0.6 is 18.2 Å². The zero-order valence-corrected chi connectivity index (χ0v) is 13.2. The van der Waals surface area contributed by atoms with Crippen LogP contribution in [-0.4, -0.2) is 16.2 Å². The Kier molecular flexibility index (Phi) is 4.63. The van der Waals surface area contributed by atoms with Gasteiger partial charge in [0.25, 0.3) is 0 Å². The van der Waals surface area contributed by atoms with Crippen molar-refractivity contribution in [3.05, 3.63) is 0 Å². The van der Waals surface area contributed by atoms with Crippen LogP contribution in [0.25, 0.3) is 0 Å². The smallest absolute Gasteiger partial charge is 0.316 e. The van der Waals surface area contributed by atoms with E-state index in [0.29, 0.717) is 11.8 Å². The van der Waals surface area contributed by atoms with Gasteiger partial charge in [-0.25, -0.2) is 4.57 Å². The van der Waals surface area contributed by atoms with Gasteiger partial charge in [-0.15, -0.1) is 0 Å². The highest BCUT2D eigenvalue weighted by molar-refractivity contribution is 8.55. The summed E-state index contributed by atoms with van der Waals surface area (Å²) >= 11 is 1.26. The molecule has 0 bridgehead atoms. The highest BCUT2D eigenvalue weighted by atomic mass is 32.7. The Balaban J connectivity index is 1.72. The molecule has 1 N–H and O–H groups in total. The first-order valence-corrected chi connectivity index (χ1v) is 10.9. The third-order valence-corrected chi connectivity index (χ3v) is 8.52. The fourth-order valence-corrected chi connectivity index (χ4v) is 8.23. The largest absolute Gasteiger partial charge is 0.387 e. The van der Waals surface area contributed by atoms with Gasteiger partial charge in [-0.1, -0.05) is 38.5 Å². The molecule has 0 aromatic rings. The van der Waals surface area contributed by atoms with Crippen molar-refractivity contribution in [2.24, 2.45) is 11.8 Å². The minimum absolute atomic E-state index is 0.0456. The minimum atomic E-state index is -3.37. The second-order valence-corrected chi connectivity index (χ2v) is 10.3. The Hall–Kier alpha value is 0.500. The van der Waals surface area contributed by atoms with Crippen LogP contribution < -0.4 is 0 Å². The number of rotatable bonds is 2. The highest BCUT2D eigenvalue weighted by Crippen LogP contribution is 2.68. The van der Waals surface area contributed by atoms with Crippen LogP contribution in [0.2, 0.25) is 0 Å². The molecule has 1 aliphatic heterocycles. The zero-order chi connectivity index (χ0) is 13.3. The molecule has 1 heterocycles. The topological polar surface area (TPSA) is 46.5 Å². The maximum absolute atomic E-state index is 12.0. The Morgan fingerprint density at radius 2 is 1.42 bits per heavy atom. The van der Waals surface area contributed by atoms with Gasteiger partial charge in [-0.3, -0.25) is 4.52 Å². The van der Waals surface area contributed by atoms with Crippen molar-refractivity contribution >= 4 is 18.2 Å². The van der Waals surface area contributed by atoms with Gasteiger partial charge in [-0.2, -0.15) is 0 Å². The fraction of sp³-hybridized carbons (Fsp3) is 1.00. The molecule has 5 heteroatoms. The second kappa shape index (κ2) is 6.09. The predicted octanol–water partition coefficient (Wildman–Crippen LogP) is 4.75. The maximum atomic E-state index is 12.0. The first-order valence-electron chi connectivity index (χ1n) is 7.85. The van der Waals surface area contributed by atoms with E-state index in [4.69, 9.17) is 4.52 Å². The van der Waals surface area contributed by atoms with Gasteiger partial charge >= 0.3 is 6.80 Å². The Morgan fingerprint density at radius 1 is 0.895 bits per heavy atom. The molecule has 3 aliphatic rings. The molecule has 1 saturated heterocycles. The second-order valence-electron chi connectivity index (χ2n) is 6.40. The molecule has 0 radical (unpaired) electrons. The van der Waals surface area contributed by atoms with Gasteiger partial charge in [0, 0.05) is 5.25 Å². The summed E-state index contributed by atoms with van der Waals surface area (Å²) in [6, 6.07) is 0. The fourth-order valence-electron chi connectivity index (χ4n) is 4.09. The van der Waals surface area contributed by atoms with E-state index in [0.717, 1.165) is 0 Å². The van der Waals surface area contributed by atoms with Gasteiger partial charge in [-0.05, 0) is 48.9 Å². The van der Waals surface area contributed by atoms with Crippen molar-refractivity contribution in [3.8, 4) is 0 Å². The molecule has 19 heavy (non-hydrogen) atoms. The molecule has 3 rings (SSSR count). The van der Waals surface area contributed by atoms with Crippen LogP contribution in [0.3, 0.4) is 0 Å². The average molecular weight is 304 g/mol. The molecule has 0 aromatic heterocycles. The van der Waals surface area contributed by atoms with Crippen LogP contribution in [0.1, 0.15) is 64.2 Å². The van der Waals surface area contributed by atoms with Gasteiger partial charge in [0.2, 0.25) is 0 Å². The predicted molar refractivity (Wildman–Crippen MR) is 79.2 cm³/mol. The molecule has 3 fully saturated rings.